The van der Waals surface area contributed by atoms with Gasteiger partial charge in [0.25, 0.3) is 5.91 Å². The quantitative estimate of drug-likeness (QED) is 0.198. The van der Waals surface area contributed by atoms with E-state index in [1.807, 2.05) is 4.90 Å². The number of rotatable bonds is 7. The topological polar surface area (TPSA) is 77.4 Å². The van der Waals surface area contributed by atoms with Crippen LogP contribution in [0.15, 0.2) is 46.3 Å². The van der Waals surface area contributed by atoms with Gasteiger partial charge in [-0.05, 0) is 67.4 Å². The van der Waals surface area contributed by atoms with Crippen LogP contribution in [0, 0.1) is 5.92 Å². The van der Waals surface area contributed by atoms with Gasteiger partial charge in [0, 0.05) is 18.7 Å². The van der Waals surface area contributed by atoms with Crippen LogP contribution in [0.1, 0.15) is 42.0 Å². The minimum absolute atomic E-state index is 0.0551. The largest absolute Gasteiger partial charge is 0.493 e. The number of amides is 1. The first-order valence-electron chi connectivity index (χ1n) is 12.8. The molecule has 2 aromatic rings. The molecule has 0 saturated carbocycles. The van der Waals surface area contributed by atoms with Crippen LogP contribution in [0.25, 0.3) is 6.08 Å². The molecule has 2 aliphatic heterocycles. The van der Waals surface area contributed by atoms with Crippen LogP contribution in [-0.2, 0) is 33.3 Å². The first-order valence-corrected chi connectivity index (χ1v) is 13.6. The number of halogens is 6. The molecule has 1 amide bonds. The molecule has 42 heavy (non-hydrogen) atoms. The highest BCUT2D eigenvalue weighted by molar-refractivity contribution is 8.18. The third-order valence-electron chi connectivity index (χ3n) is 6.61. The maximum absolute atomic E-state index is 13.5. The Kier molecular flexibility index (Phi) is 9.43. The minimum Gasteiger partial charge on any atom is -0.493 e. The van der Waals surface area contributed by atoms with E-state index in [1.54, 1.807) is 19.1 Å². The Bertz CT molecular complexity index is 1400. The van der Waals surface area contributed by atoms with Gasteiger partial charge in [-0.2, -0.15) is 31.3 Å². The second-order valence-corrected chi connectivity index (χ2v) is 10.4. The Morgan fingerprint density at radius 1 is 1.05 bits per heavy atom. The van der Waals surface area contributed by atoms with Gasteiger partial charge < -0.3 is 19.1 Å². The molecule has 0 N–H and O–H groups in total. The zero-order valence-corrected chi connectivity index (χ0v) is 23.3. The second kappa shape index (κ2) is 12.7. The molecule has 226 valence electrons. The van der Waals surface area contributed by atoms with E-state index in [-0.39, 0.29) is 29.5 Å². The summed E-state index contributed by atoms with van der Waals surface area (Å²) in [4.78, 5) is 31.0. The Hall–Kier alpha value is -3.68. The molecule has 0 aromatic heterocycles. The number of hydrogen-bond acceptors (Lipinski definition) is 7. The number of likely N-dealkylation sites (tertiary alicyclic amines) is 1. The lowest BCUT2D eigenvalue weighted by Crippen LogP contribution is -2.39. The number of alkyl halides is 6. The van der Waals surface area contributed by atoms with Gasteiger partial charge in [0.05, 0.1) is 35.7 Å². The van der Waals surface area contributed by atoms with Crippen molar-refractivity contribution < 1.29 is 50.1 Å². The molecule has 1 saturated heterocycles. The van der Waals surface area contributed by atoms with E-state index in [0.717, 1.165) is 6.07 Å². The number of carbonyl (C=O) groups excluding carboxylic acids is 2. The van der Waals surface area contributed by atoms with Crippen LogP contribution in [-0.4, -0.2) is 48.8 Å². The molecule has 0 radical (unpaired) electrons. The number of aliphatic imine (C=N–C) groups is 1. The predicted molar refractivity (Wildman–Crippen MR) is 143 cm³/mol. The fraction of sp³-hybridized carbons (Fsp3) is 0.393. The van der Waals surface area contributed by atoms with Crippen LogP contribution in [0.2, 0.25) is 0 Å². The normalized spacial score (nSPS) is 17.4. The van der Waals surface area contributed by atoms with Gasteiger partial charge in [0.1, 0.15) is 6.61 Å². The zero-order valence-electron chi connectivity index (χ0n) is 22.5. The monoisotopic (exact) mass is 616 g/mol. The summed E-state index contributed by atoms with van der Waals surface area (Å²) < 4.78 is 95.2. The van der Waals surface area contributed by atoms with E-state index >= 15 is 0 Å². The van der Waals surface area contributed by atoms with Gasteiger partial charge in [0.15, 0.2) is 16.7 Å². The van der Waals surface area contributed by atoms with Crippen molar-refractivity contribution in [1.82, 2.24) is 4.90 Å². The average Bonchev–Trinajstić information content (AvgIpc) is 3.31. The highest BCUT2D eigenvalue weighted by Crippen LogP contribution is 2.39. The number of esters is 1. The Morgan fingerprint density at radius 3 is 2.38 bits per heavy atom. The number of methoxy groups -OCH3 is 1. The molecule has 14 heteroatoms. The number of hydrogen-bond donors (Lipinski definition) is 0. The van der Waals surface area contributed by atoms with Crippen molar-refractivity contribution in [1.29, 1.82) is 0 Å². The summed E-state index contributed by atoms with van der Waals surface area (Å²) in [6.07, 6.45) is -7.21. The van der Waals surface area contributed by atoms with Gasteiger partial charge in [-0.3, -0.25) is 9.59 Å². The fourth-order valence-electron chi connectivity index (χ4n) is 4.44. The van der Waals surface area contributed by atoms with Crippen molar-refractivity contribution in [3.8, 4) is 11.5 Å². The van der Waals surface area contributed by atoms with Gasteiger partial charge >= 0.3 is 18.3 Å². The van der Waals surface area contributed by atoms with Crippen molar-refractivity contribution in [2.24, 2.45) is 10.9 Å². The fourth-order valence-corrected chi connectivity index (χ4v) is 5.41. The molecule has 0 spiro atoms. The molecule has 0 unspecified atom stereocenters. The molecule has 0 aliphatic carbocycles. The van der Waals surface area contributed by atoms with Crippen molar-refractivity contribution in [2.75, 3.05) is 26.8 Å². The molecule has 7 nitrogen and oxygen atoms in total. The van der Waals surface area contributed by atoms with Crippen LogP contribution < -0.4 is 9.47 Å². The number of ether oxygens (including phenoxy) is 3. The molecule has 2 aliphatic rings. The Balaban J connectivity index is 1.43. The highest BCUT2D eigenvalue weighted by atomic mass is 32.2. The molecular formula is C28H26F6N2O5S. The molecule has 0 atom stereocenters. The van der Waals surface area contributed by atoms with E-state index in [0.29, 0.717) is 54.2 Å². The maximum atomic E-state index is 13.5. The van der Waals surface area contributed by atoms with Gasteiger partial charge in [0.2, 0.25) is 0 Å². The molecule has 1 fully saturated rings. The standard InChI is InChI=1S/C28H26F6N2O5S/c1-3-40-25(38)17-8-10-36(11-9-17)26-35-24(37)23(42-26)13-16-4-7-21(22(12-16)39-2)41-15-18-5-6-19(27(29,30)31)14-20(18)28(32,33)34/h4-7,12-14,17H,3,8-11,15H2,1-2H3/b23-13+. The van der Waals surface area contributed by atoms with Gasteiger partial charge in [-0.1, -0.05) is 12.1 Å². The average molecular weight is 617 g/mol. The number of piperidine rings is 1. The van der Waals surface area contributed by atoms with Gasteiger partial charge in [-0.15, -0.1) is 0 Å². The third-order valence-corrected chi connectivity index (χ3v) is 7.65. The number of amidine groups is 1. The van der Waals surface area contributed by atoms with Gasteiger partial charge in [-0.25, -0.2) is 0 Å². The first kappa shape index (κ1) is 31.3. The van der Waals surface area contributed by atoms with Crippen molar-refractivity contribution in [3.05, 3.63) is 63.6 Å². The minimum atomic E-state index is -5.02. The van der Waals surface area contributed by atoms with E-state index < -0.39 is 41.6 Å². The lowest BCUT2D eigenvalue weighted by Gasteiger charge is -2.31. The number of nitrogens with zero attached hydrogens (tertiary/aromatic N) is 2. The summed E-state index contributed by atoms with van der Waals surface area (Å²) in [5.41, 5.74) is -2.82. The van der Waals surface area contributed by atoms with E-state index in [9.17, 15) is 35.9 Å². The molecule has 2 heterocycles. The molecule has 2 aromatic carbocycles. The van der Waals surface area contributed by atoms with E-state index in [1.165, 1.54) is 31.0 Å². The van der Waals surface area contributed by atoms with Crippen molar-refractivity contribution >= 4 is 34.9 Å². The summed E-state index contributed by atoms with van der Waals surface area (Å²) in [6.45, 7) is 2.50. The third kappa shape index (κ3) is 7.39. The summed E-state index contributed by atoms with van der Waals surface area (Å²) in [6, 6.07) is 5.84. The summed E-state index contributed by atoms with van der Waals surface area (Å²) >= 11 is 1.18. The summed E-state index contributed by atoms with van der Waals surface area (Å²) in [5, 5.41) is 0.525. The summed E-state index contributed by atoms with van der Waals surface area (Å²) in [5.74, 6) is -0.659. The Labute approximate surface area is 241 Å². The predicted octanol–water partition coefficient (Wildman–Crippen LogP) is 6.56. The Morgan fingerprint density at radius 2 is 1.76 bits per heavy atom. The SMILES string of the molecule is CCOC(=O)C1CCN(C2=NC(=O)/C(=C\c3ccc(OCc4ccc(C(F)(F)F)cc4C(F)(F)F)c(OC)c3)S2)CC1. The van der Waals surface area contributed by atoms with Crippen LogP contribution in [0.3, 0.4) is 0 Å². The molecular weight excluding hydrogens is 590 g/mol. The number of benzene rings is 2. The van der Waals surface area contributed by atoms with E-state index in [4.69, 9.17) is 14.2 Å². The smallest absolute Gasteiger partial charge is 0.416 e. The van der Waals surface area contributed by atoms with Crippen molar-refractivity contribution in [3.63, 3.8) is 0 Å². The van der Waals surface area contributed by atoms with Crippen molar-refractivity contribution in [2.45, 2.75) is 38.7 Å². The lowest BCUT2D eigenvalue weighted by atomic mass is 9.97. The second-order valence-electron chi connectivity index (χ2n) is 9.39. The number of carbonyl (C=O) groups is 2. The van der Waals surface area contributed by atoms with Crippen LogP contribution in [0.5, 0.6) is 11.5 Å². The zero-order chi connectivity index (χ0) is 30.7. The maximum Gasteiger partial charge on any atom is 0.416 e. The number of thioether (sulfide) groups is 1. The van der Waals surface area contributed by atoms with E-state index in [2.05, 4.69) is 4.99 Å². The van der Waals surface area contributed by atoms with Crippen LogP contribution in [0.4, 0.5) is 26.3 Å². The highest BCUT2D eigenvalue weighted by Gasteiger charge is 2.38. The molecule has 4 rings (SSSR count). The summed E-state index contributed by atoms with van der Waals surface area (Å²) in [7, 11) is 1.31. The first-order chi connectivity index (χ1) is 19.8. The lowest BCUT2D eigenvalue weighted by molar-refractivity contribution is -0.149. The molecule has 0 bridgehead atoms. The van der Waals surface area contributed by atoms with Crippen LogP contribution >= 0.6 is 11.8 Å².